The minimum Gasteiger partial charge on any atom is -0.480 e. The van der Waals surface area contributed by atoms with Crippen LogP contribution in [0.15, 0.2) is 0 Å². The third kappa shape index (κ3) is 4.12. The van der Waals surface area contributed by atoms with Gasteiger partial charge in [-0.1, -0.05) is 33.1 Å². The summed E-state index contributed by atoms with van der Waals surface area (Å²) in [6.45, 7) is 5.06. The lowest BCUT2D eigenvalue weighted by Gasteiger charge is -2.28. The Hall–Kier alpha value is -0.570. The zero-order valence-corrected chi connectivity index (χ0v) is 10.5. The van der Waals surface area contributed by atoms with Crippen LogP contribution < -0.4 is 5.32 Å². The Morgan fingerprint density at radius 1 is 1.25 bits per heavy atom. The summed E-state index contributed by atoms with van der Waals surface area (Å²) in [4.78, 5) is 10.8. The fraction of sp³-hybridized carbons (Fsp3) is 0.923. The first kappa shape index (κ1) is 13.5. The molecule has 0 saturated heterocycles. The first-order valence-electron chi connectivity index (χ1n) is 6.63. The molecule has 3 nitrogen and oxygen atoms in total. The van der Waals surface area contributed by atoms with Crippen molar-refractivity contribution in [1.29, 1.82) is 0 Å². The Kier molecular flexibility index (Phi) is 5.81. The van der Waals surface area contributed by atoms with Crippen LogP contribution in [0.3, 0.4) is 0 Å². The van der Waals surface area contributed by atoms with Gasteiger partial charge in [0.25, 0.3) is 0 Å². The van der Waals surface area contributed by atoms with Crippen LogP contribution in [-0.4, -0.2) is 23.7 Å². The van der Waals surface area contributed by atoms with Gasteiger partial charge in [0.15, 0.2) is 0 Å². The minimum absolute atomic E-state index is 0.358. The molecule has 0 amide bonds. The lowest BCUT2D eigenvalue weighted by Crippen LogP contribution is -2.39. The number of rotatable bonds is 6. The van der Waals surface area contributed by atoms with Gasteiger partial charge in [-0.25, -0.2) is 0 Å². The number of carbonyl (C=O) groups is 1. The summed E-state index contributed by atoms with van der Waals surface area (Å²) in [6.07, 6.45) is 7.15. The van der Waals surface area contributed by atoms with E-state index < -0.39 is 5.97 Å². The molecule has 0 aromatic rings. The fourth-order valence-electron chi connectivity index (χ4n) is 2.56. The summed E-state index contributed by atoms with van der Waals surface area (Å²) in [6, 6.07) is -0.358. The van der Waals surface area contributed by atoms with Crippen molar-refractivity contribution in [3.8, 4) is 0 Å². The minimum atomic E-state index is -0.718. The predicted molar refractivity (Wildman–Crippen MR) is 65.5 cm³/mol. The molecular weight excluding hydrogens is 202 g/mol. The van der Waals surface area contributed by atoms with Crippen LogP contribution in [0, 0.1) is 11.8 Å². The summed E-state index contributed by atoms with van der Waals surface area (Å²) in [5.41, 5.74) is 0. The van der Waals surface area contributed by atoms with Gasteiger partial charge in [-0.05, 0) is 37.6 Å². The Morgan fingerprint density at radius 3 is 2.25 bits per heavy atom. The molecular formula is C13H25NO2. The van der Waals surface area contributed by atoms with Crippen LogP contribution >= 0.6 is 0 Å². The molecule has 1 fully saturated rings. The highest BCUT2D eigenvalue weighted by Gasteiger charge is 2.21. The molecule has 94 valence electrons. The second-order valence-corrected chi connectivity index (χ2v) is 5.00. The summed E-state index contributed by atoms with van der Waals surface area (Å²) in [5, 5.41) is 12.1. The smallest absolute Gasteiger partial charge is 0.320 e. The SMILES string of the molecule is CCC1CCC(CNC(CC)C(=O)O)CC1. The fourth-order valence-corrected chi connectivity index (χ4v) is 2.56. The van der Waals surface area contributed by atoms with E-state index in [1.807, 2.05) is 6.92 Å². The topological polar surface area (TPSA) is 49.3 Å². The van der Waals surface area contributed by atoms with Crippen LogP contribution in [-0.2, 0) is 4.79 Å². The van der Waals surface area contributed by atoms with Crippen molar-refractivity contribution in [2.45, 2.75) is 58.4 Å². The van der Waals surface area contributed by atoms with Crippen LogP contribution in [0.4, 0.5) is 0 Å². The number of hydrogen-bond donors (Lipinski definition) is 2. The maximum Gasteiger partial charge on any atom is 0.320 e. The third-order valence-corrected chi connectivity index (χ3v) is 3.90. The van der Waals surface area contributed by atoms with Crippen LogP contribution in [0.1, 0.15) is 52.4 Å². The molecule has 1 saturated carbocycles. The normalized spacial score (nSPS) is 27.6. The molecule has 0 bridgehead atoms. The molecule has 0 radical (unpaired) electrons. The second-order valence-electron chi connectivity index (χ2n) is 5.00. The number of hydrogen-bond acceptors (Lipinski definition) is 2. The summed E-state index contributed by atoms with van der Waals surface area (Å²) >= 11 is 0. The molecule has 0 aromatic carbocycles. The van der Waals surface area contributed by atoms with E-state index in [1.165, 1.54) is 32.1 Å². The standard InChI is InChI=1S/C13H25NO2/c1-3-10-5-7-11(8-6-10)9-14-12(4-2)13(15)16/h10-12,14H,3-9H2,1-2H3,(H,15,16). The van der Waals surface area contributed by atoms with Gasteiger partial charge in [-0.3, -0.25) is 4.79 Å². The summed E-state index contributed by atoms with van der Waals surface area (Å²) < 4.78 is 0. The number of carboxylic acid groups (broad SMARTS) is 1. The Labute approximate surface area is 98.6 Å². The van der Waals surface area contributed by atoms with Crippen LogP contribution in [0.25, 0.3) is 0 Å². The largest absolute Gasteiger partial charge is 0.480 e. The van der Waals surface area contributed by atoms with Gasteiger partial charge in [-0.2, -0.15) is 0 Å². The highest BCUT2D eigenvalue weighted by molar-refractivity contribution is 5.73. The molecule has 0 aromatic heterocycles. The first-order chi connectivity index (χ1) is 7.67. The Bertz CT molecular complexity index is 210. The van der Waals surface area contributed by atoms with Crippen molar-refractivity contribution in [2.24, 2.45) is 11.8 Å². The summed E-state index contributed by atoms with van der Waals surface area (Å²) in [5.74, 6) is 0.888. The zero-order valence-electron chi connectivity index (χ0n) is 10.5. The van der Waals surface area contributed by atoms with E-state index in [0.717, 1.165) is 12.5 Å². The number of carboxylic acids is 1. The monoisotopic (exact) mass is 227 g/mol. The van der Waals surface area contributed by atoms with E-state index in [9.17, 15) is 4.79 Å². The van der Waals surface area contributed by atoms with E-state index in [-0.39, 0.29) is 6.04 Å². The van der Waals surface area contributed by atoms with Crippen molar-refractivity contribution in [1.82, 2.24) is 5.32 Å². The Balaban J connectivity index is 2.21. The highest BCUT2D eigenvalue weighted by atomic mass is 16.4. The van der Waals surface area contributed by atoms with Gasteiger partial charge >= 0.3 is 5.97 Å². The first-order valence-corrected chi connectivity index (χ1v) is 6.63. The van der Waals surface area contributed by atoms with Crippen LogP contribution in [0.5, 0.6) is 0 Å². The van der Waals surface area contributed by atoms with Crippen molar-refractivity contribution in [3.05, 3.63) is 0 Å². The van der Waals surface area contributed by atoms with Gasteiger partial charge in [0.05, 0.1) is 0 Å². The molecule has 2 N–H and O–H groups in total. The molecule has 1 aliphatic rings. The molecule has 3 heteroatoms. The Morgan fingerprint density at radius 2 is 1.81 bits per heavy atom. The second kappa shape index (κ2) is 6.89. The number of aliphatic carboxylic acids is 1. The number of nitrogens with one attached hydrogen (secondary N) is 1. The van der Waals surface area contributed by atoms with Crippen LogP contribution in [0.2, 0.25) is 0 Å². The van der Waals surface area contributed by atoms with E-state index >= 15 is 0 Å². The average molecular weight is 227 g/mol. The maximum absolute atomic E-state index is 10.8. The average Bonchev–Trinajstić information content (AvgIpc) is 2.30. The molecule has 16 heavy (non-hydrogen) atoms. The van der Waals surface area contributed by atoms with E-state index in [1.54, 1.807) is 0 Å². The molecule has 0 spiro atoms. The lowest BCUT2D eigenvalue weighted by atomic mass is 9.81. The van der Waals surface area contributed by atoms with Gasteiger partial charge in [0.2, 0.25) is 0 Å². The lowest BCUT2D eigenvalue weighted by molar-refractivity contribution is -0.139. The van der Waals surface area contributed by atoms with E-state index in [0.29, 0.717) is 12.3 Å². The van der Waals surface area contributed by atoms with Gasteiger partial charge < -0.3 is 10.4 Å². The predicted octanol–water partition coefficient (Wildman–Crippen LogP) is 2.66. The quantitative estimate of drug-likeness (QED) is 0.733. The molecule has 0 aliphatic heterocycles. The summed E-state index contributed by atoms with van der Waals surface area (Å²) in [7, 11) is 0. The third-order valence-electron chi connectivity index (χ3n) is 3.90. The maximum atomic E-state index is 10.8. The van der Waals surface area contributed by atoms with E-state index in [4.69, 9.17) is 5.11 Å². The van der Waals surface area contributed by atoms with Crippen molar-refractivity contribution in [2.75, 3.05) is 6.54 Å². The molecule has 1 rings (SSSR count). The molecule has 1 aliphatic carbocycles. The van der Waals surface area contributed by atoms with Gasteiger partial charge in [0.1, 0.15) is 6.04 Å². The molecule has 1 atom stereocenters. The van der Waals surface area contributed by atoms with Crippen molar-refractivity contribution >= 4 is 5.97 Å². The van der Waals surface area contributed by atoms with E-state index in [2.05, 4.69) is 12.2 Å². The van der Waals surface area contributed by atoms with Crippen molar-refractivity contribution in [3.63, 3.8) is 0 Å². The zero-order chi connectivity index (χ0) is 12.0. The van der Waals surface area contributed by atoms with Gasteiger partial charge in [-0.15, -0.1) is 0 Å². The highest BCUT2D eigenvalue weighted by Crippen LogP contribution is 2.30. The van der Waals surface area contributed by atoms with Gasteiger partial charge in [0, 0.05) is 0 Å². The van der Waals surface area contributed by atoms with Crippen molar-refractivity contribution < 1.29 is 9.90 Å². The molecule has 1 unspecified atom stereocenters. The molecule has 0 heterocycles.